The Balaban J connectivity index is 2.15. The molecule has 0 aliphatic carbocycles. The molecule has 2 aromatic carbocycles. The predicted octanol–water partition coefficient (Wildman–Crippen LogP) is 3.64. The van der Waals surface area contributed by atoms with Gasteiger partial charge in [-0.25, -0.2) is 0 Å². The lowest BCUT2D eigenvalue weighted by molar-refractivity contribution is 0.104. The van der Waals surface area contributed by atoms with Gasteiger partial charge in [0.15, 0.2) is 5.78 Å². The number of anilines is 1. The second-order valence-corrected chi connectivity index (χ2v) is 5.03. The molecule has 3 rings (SSSR count). The van der Waals surface area contributed by atoms with Crippen LogP contribution in [-0.4, -0.2) is 17.9 Å². The van der Waals surface area contributed by atoms with E-state index in [4.69, 9.17) is 22.1 Å². The molecule has 0 aliphatic rings. The fraction of sp³-hybridized carbons (Fsp3) is 0.0625. The highest BCUT2D eigenvalue weighted by atomic mass is 35.5. The first kappa shape index (κ1) is 13.5. The van der Waals surface area contributed by atoms with E-state index in [2.05, 4.69) is 4.98 Å². The fourth-order valence-electron chi connectivity index (χ4n) is 2.28. The van der Waals surface area contributed by atoms with Crippen molar-refractivity contribution in [1.29, 1.82) is 0 Å². The number of aromatic nitrogens is 1. The van der Waals surface area contributed by atoms with Crippen molar-refractivity contribution in [2.45, 2.75) is 0 Å². The van der Waals surface area contributed by atoms with E-state index in [1.54, 1.807) is 31.5 Å². The summed E-state index contributed by atoms with van der Waals surface area (Å²) in [6.45, 7) is 0. The zero-order valence-corrected chi connectivity index (χ0v) is 12.1. The Morgan fingerprint density at radius 3 is 2.81 bits per heavy atom. The van der Waals surface area contributed by atoms with Crippen molar-refractivity contribution in [1.82, 2.24) is 4.98 Å². The number of ketones is 1. The van der Waals surface area contributed by atoms with Crippen molar-refractivity contribution in [3.63, 3.8) is 0 Å². The quantitative estimate of drug-likeness (QED) is 0.573. The van der Waals surface area contributed by atoms with E-state index in [0.717, 1.165) is 10.9 Å². The summed E-state index contributed by atoms with van der Waals surface area (Å²) in [5.41, 5.74) is 7.93. The Bertz CT molecular complexity index is 839. The molecule has 0 radical (unpaired) electrons. The molecule has 0 spiro atoms. The van der Waals surface area contributed by atoms with Crippen LogP contribution in [-0.2, 0) is 0 Å². The molecule has 0 fully saturated rings. The summed E-state index contributed by atoms with van der Waals surface area (Å²) in [6, 6.07) is 10.6. The SMILES string of the molecule is COc1ccc2[nH]cc(C(=O)c3cccc(N)c3Cl)c2c1. The van der Waals surface area contributed by atoms with E-state index < -0.39 is 0 Å². The molecule has 1 heterocycles. The minimum Gasteiger partial charge on any atom is -0.497 e. The number of benzene rings is 2. The number of rotatable bonds is 3. The number of aromatic amines is 1. The van der Waals surface area contributed by atoms with E-state index in [0.29, 0.717) is 22.6 Å². The molecule has 21 heavy (non-hydrogen) atoms. The number of carbonyl (C=O) groups is 1. The average molecular weight is 301 g/mol. The molecule has 0 bridgehead atoms. The maximum atomic E-state index is 12.7. The number of hydrogen-bond acceptors (Lipinski definition) is 3. The van der Waals surface area contributed by atoms with Crippen LogP contribution in [0.2, 0.25) is 5.02 Å². The first-order valence-corrected chi connectivity index (χ1v) is 6.73. The smallest absolute Gasteiger partial charge is 0.196 e. The van der Waals surface area contributed by atoms with Crippen molar-refractivity contribution in [3.8, 4) is 5.75 Å². The summed E-state index contributed by atoms with van der Waals surface area (Å²) in [6.07, 6.45) is 1.67. The minimum absolute atomic E-state index is 0.174. The van der Waals surface area contributed by atoms with Crippen LogP contribution < -0.4 is 10.5 Å². The summed E-state index contributed by atoms with van der Waals surface area (Å²) >= 11 is 6.13. The first-order valence-electron chi connectivity index (χ1n) is 6.35. The first-order chi connectivity index (χ1) is 10.1. The Labute approximate surface area is 126 Å². The summed E-state index contributed by atoms with van der Waals surface area (Å²) in [7, 11) is 1.59. The summed E-state index contributed by atoms with van der Waals surface area (Å²) in [4.78, 5) is 15.8. The topological polar surface area (TPSA) is 68.1 Å². The maximum Gasteiger partial charge on any atom is 0.196 e. The third-order valence-corrected chi connectivity index (χ3v) is 3.83. The summed E-state index contributed by atoms with van der Waals surface area (Å²) < 4.78 is 5.20. The van der Waals surface area contributed by atoms with Gasteiger partial charge in [0.05, 0.1) is 17.8 Å². The Hall–Kier alpha value is -2.46. The molecule has 3 aromatic rings. The molecule has 0 saturated carbocycles. The van der Waals surface area contributed by atoms with Gasteiger partial charge in [0, 0.05) is 28.2 Å². The Morgan fingerprint density at radius 2 is 2.05 bits per heavy atom. The van der Waals surface area contributed by atoms with Gasteiger partial charge in [-0.1, -0.05) is 17.7 Å². The average Bonchev–Trinajstić information content (AvgIpc) is 2.92. The van der Waals surface area contributed by atoms with Gasteiger partial charge in [-0.15, -0.1) is 0 Å². The number of H-pyrrole nitrogens is 1. The molecule has 0 atom stereocenters. The number of nitrogens with two attached hydrogens (primary N) is 1. The number of ether oxygens (including phenoxy) is 1. The van der Waals surface area contributed by atoms with Gasteiger partial charge < -0.3 is 15.5 Å². The van der Waals surface area contributed by atoms with Crippen LogP contribution in [0.15, 0.2) is 42.6 Å². The molecule has 3 N–H and O–H groups in total. The molecule has 0 saturated heterocycles. The number of nitrogen functional groups attached to an aromatic ring is 1. The summed E-state index contributed by atoms with van der Waals surface area (Å²) in [5.74, 6) is 0.515. The highest BCUT2D eigenvalue weighted by Gasteiger charge is 2.18. The lowest BCUT2D eigenvalue weighted by Gasteiger charge is -2.05. The molecule has 0 unspecified atom stereocenters. The summed E-state index contributed by atoms with van der Waals surface area (Å²) in [5, 5.41) is 1.07. The van der Waals surface area contributed by atoms with Gasteiger partial charge >= 0.3 is 0 Å². The Kier molecular flexibility index (Phi) is 3.31. The molecule has 106 valence electrons. The monoisotopic (exact) mass is 300 g/mol. The number of hydrogen-bond donors (Lipinski definition) is 2. The number of fused-ring (bicyclic) bond motifs is 1. The van der Waals surface area contributed by atoms with Crippen LogP contribution >= 0.6 is 11.6 Å². The molecule has 1 aromatic heterocycles. The normalized spacial score (nSPS) is 10.8. The Morgan fingerprint density at radius 1 is 1.24 bits per heavy atom. The van der Waals surface area contributed by atoms with Crippen LogP contribution in [0, 0.1) is 0 Å². The van der Waals surface area contributed by atoms with E-state index >= 15 is 0 Å². The van der Waals surface area contributed by atoms with Gasteiger partial charge in [0.1, 0.15) is 5.75 Å². The second-order valence-electron chi connectivity index (χ2n) is 4.65. The lowest BCUT2D eigenvalue weighted by Crippen LogP contribution is -2.03. The minimum atomic E-state index is -0.174. The standard InChI is InChI=1S/C16H13ClN2O2/c1-21-9-5-6-14-11(7-9)12(8-19-14)16(20)10-3-2-4-13(18)15(10)17/h2-8,19H,18H2,1H3. The third kappa shape index (κ3) is 2.23. The molecule has 5 heteroatoms. The predicted molar refractivity (Wildman–Crippen MR) is 84.1 cm³/mol. The van der Waals surface area contributed by atoms with Crippen molar-refractivity contribution in [2.75, 3.05) is 12.8 Å². The number of nitrogens with one attached hydrogen (secondary N) is 1. The van der Waals surface area contributed by atoms with Crippen molar-refractivity contribution >= 4 is 34.0 Å². The highest BCUT2D eigenvalue weighted by Crippen LogP contribution is 2.29. The molecule has 4 nitrogen and oxygen atoms in total. The molecular formula is C16H13ClN2O2. The van der Waals surface area contributed by atoms with Crippen LogP contribution in [0.25, 0.3) is 10.9 Å². The molecule has 0 amide bonds. The van der Waals surface area contributed by atoms with Crippen molar-refractivity contribution in [2.24, 2.45) is 0 Å². The van der Waals surface area contributed by atoms with Gasteiger partial charge in [0.25, 0.3) is 0 Å². The zero-order chi connectivity index (χ0) is 15.0. The maximum absolute atomic E-state index is 12.7. The van der Waals surface area contributed by atoms with Gasteiger partial charge in [-0.2, -0.15) is 0 Å². The van der Waals surface area contributed by atoms with E-state index in [-0.39, 0.29) is 10.8 Å². The molecular weight excluding hydrogens is 288 g/mol. The van der Waals surface area contributed by atoms with Crippen LogP contribution in [0.4, 0.5) is 5.69 Å². The lowest BCUT2D eigenvalue weighted by atomic mass is 10.0. The third-order valence-electron chi connectivity index (χ3n) is 3.41. The fourth-order valence-corrected chi connectivity index (χ4v) is 2.50. The number of methoxy groups -OCH3 is 1. The van der Waals surface area contributed by atoms with Crippen molar-refractivity contribution in [3.05, 3.63) is 58.7 Å². The number of carbonyl (C=O) groups excluding carboxylic acids is 1. The van der Waals surface area contributed by atoms with Gasteiger partial charge in [-0.3, -0.25) is 4.79 Å². The van der Waals surface area contributed by atoms with Gasteiger partial charge in [0.2, 0.25) is 0 Å². The van der Waals surface area contributed by atoms with Gasteiger partial charge in [-0.05, 0) is 30.3 Å². The van der Waals surface area contributed by atoms with Crippen LogP contribution in [0.3, 0.4) is 0 Å². The van der Waals surface area contributed by atoms with E-state index in [1.165, 1.54) is 0 Å². The largest absolute Gasteiger partial charge is 0.497 e. The van der Waals surface area contributed by atoms with Crippen molar-refractivity contribution < 1.29 is 9.53 Å². The van der Waals surface area contributed by atoms with Crippen LogP contribution in [0.5, 0.6) is 5.75 Å². The molecule has 0 aliphatic heterocycles. The van der Waals surface area contributed by atoms with Crippen LogP contribution in [0.1, 0.15) is 15.9 Å². The second kappa shape index (κ2) is 5.14. The van der Waals surface area contributed by atoms with E-state index in [9.17, 15) is 4.79 Å². The zero-order valence-electron chi connectivity index (χ0n) is 11.3. The van der Waals surface area contributed by atoms with E-state index in [1.807, 2.05) is 18.2 Å². The number of halogens is 1. The highest BCUT2D eigenvalue weighted by molar-refractivity contribution is 6.37.